The standard InChI is InChI=1S/C12H13Cl2FO/c1-7(2)6-12(3,16)8-4-11(15)10(14)5-9(8)13/h4-6,16H,1-3H3. The van der Waals surface area contributed by atoms with Crippen LogP contribution in [0.4, 0.5) is 4.39 Å². The van der Waals surface area contributed by atoms with Crippen molar-refractivity contribution in [1.29, 1.82) is 0 Å². The number of allylic oxidation sites excluding steroid dienone is 1. The average Bonchev–Trinajstić information content (AvgIpc) is 2.08. The van der Waals surface area contributed by atoms with E-state index >= 15 is 0 Å². The molecule has 1 atom stereocenters. The molecule has 88 valence electrons. The lowest BCUT2D eigenvalue weighted by molar-refractivity contribution is 0.110. The lowest BCUT2D eigenvalue weighted by Gasteiger charge is -2.22. The molecule has 0 aliphatic rings. The van der Waals surface area contributed by atoms with E-state index in [2.05, 4.69) is 0 Å². The molecular formula is C12H13Cl2FO. The molecule has 0 aromatic heterocycles. The number of rotatable bonds is 2. The maximum Gasteiger partial charge on any atom is 0.142 e. The van der Waals surface area contributed by atoms with E-state index < -0.39 is 11.4 Å². The smallest absolute Gasteiger partial charge is 0.142 e. The van der Waals surface area contributed by atoms with Gasteiger partial charge in [0.2, 0.25) is 0 Å². The van der Waals surface area contributed by atoms with Gasteiger partial charge < -0.3 is 5.11 Å². The third-order valence-corrected chi connectivity index (χ3v) is 2.73. The quantitative estimate of drug-likeness (QED) is 0.622. The Hall–Kier alpha value is -0.570. The first-order valence-electron chi connectivity index (χ1n) is 4.77. The van der Waals surface area contributed by atoms with E-state index in [9.17, 15) is 9.50 Å². The SMILES string of the molecule is CC(C)=CC(C)(O)c1cc(F)c(Cl)cc1Cl. The summed E-state index contributed by atoms with van der Waals surface area (Å²) in [5.41, 5.74) is -0.0878. The molecular weight excluding hydrogens is 250 g/mol. The minimum absolute atomic E-state index is 0.0539. The summed E-state index contributed by atoms with van der Waals surface area (Å²) in [4.78, 5) is 0. The van der Waals surface area contributed by atoms with E-state index in [-0.39, 0.29) is 10.0 Å². The summed E-state index contributed by atoms with van der Waals surface area (Å²) < 4.78 is 13.3. The van der Waals surface area contributed by atoms with Crippen molar-refractivity contribution in [2.75, 3.05) is 0 Å². The largest absolute Gasteiger partial charge is 0.381 e. The molecule has 0 aliphatic heterocycles. The molecule has 16 heavy (non-hydrogen) atoms. The van der Waals surface area contributed by atoms with Gasteiger partial charge in [0.1, 0.15) is 11.4 Å². The van der Waals surface area contributed by atoms with Crippen molar-refractivity contribution < 1.29 is 9.50 Å². The second kappa shape index (κ2) is 4.74. The fourth-order valence-corrected chi connectivity index (χ4v) is 2.12. The molecule has 0 bridgehead atoms. The Kier molecular flexibility index (Phi) is 4.00. The second-order valence-electron chi connectivity index (χ2n) is 4.12. The molecule has 0 radical (unpaired) electrons. The summed E-state index contributed by atoms with van der Waals surface area (Å²) in [6.45, 7) is 5.23. The molecule has 1 unspecified atom stereocenters. The van der Waals surface area contributed by atoms with Gasteiger partial charge >= 0.3 is 0 Å². The Morgan fingerprint density at radius 2 is 1.88 bits per heavy atom. The van der Waals surface area contributed by atoms with Crippen molar-refractivity contribution in [2.45, 2.75) is 26.4 Å². The predicted octanol–water partition coefficient (Wildman–Crippen LogP) is 4.31. The van der Waals surface area contributed by atoms with Crippen LogP contribution in [0.2, 0.25) is 10.0 Å². The summed E-state index contributed by atoms with van der Waals surface area (Å²) in [5.74, 6) is -0.594. The lowest BCUT2D eigenvalue weighted by Crippen LogP contribution is -2.19. The van der Waals surface area contributed by atoms with Crippen LogP contribution in [0, 0.1) is 5.82 Å². The molecule has 0 amide bonds. The highest BCUT2D eigenvalue weighted by Crippen LogP contribution is 2.33. The highest BCUT2D eigenvalue weighted by molar-refractivity contribution is 6.35. The second-order valence-corrected chi connectivity index (χ2v) is 4.93. The minimum atomic E-state index is -1.30. The van der Waals surface area contributed by atoms with Gasteiger partial charge in [-0.3, -0.25) is 0 Å². The van der Waals surface area contributed by atoms with Gasteiger partial charge in [-0.05, 0) is 32.9 Å². The maximum atomic E-state index is 13.3. The fourth-order valence-electron chi connectivity index (χ4n) is 1.55. The van der Waals surface area contributed by atoms with Gasteiger partial charge in [0.25, 0.3) is 0 Å². The van der Waals surface area contributed by atoms with Crippen LogP contribution in [0.1, 0.15) is 26.3 Å². The van der Waals surface area contributed by atoms with Crippen LogP contribution in [-0.4, -0.2) is 5.11 Å². The Labute approximate surface area is 104 Å². The molecule has 1 N–H and O–H groups in total. The highest BCUT2D eigenvalue weighted by atomic mass is 35.5. The summed E-state index contributed by atoms with van der Waals surface area (Å²) >= 11 is 11.5. The van der Waals surface area contributed by atoms with Crippen LogP contribution in [0.25, 0.3) is 0 Å². The number of halogens is 3. The summed E-state index contributed by atoms with van der Waals surface area (Å²) in [7, 11) is 0. The molecule has 0 saturated carbocycles. The Morgan fingerprint density at radius 3 is 2.38 bits per heavy atom. The van der Waals surface area contributed by atoms with Crippen LogP contribution < -0.4 is 0 Å². The Bertz CT molecular complexity index is 435. The zero-order valence-corrected chi connectivity index (χ0v) is 10.8. The van der Waals surface area contributed by atoms with E-state index in [0.29, 0.717) is 5.56 Å². The van der Waals surface area contributed by atoms with Gasteiger partial charge in [-0.15, -0.1) is 0 Å². The average molecular weight is 263 g/mol. The molecule has 0 spiro atoms. The van der Waals surface area contributed by atoms with Gasteiger partial charge in [0, 0.05) is 10.6 Å². The minimum Gasteiger partial charge on any atom is -0.381 e. The van der Waals surface area contributed by atoms with Gasteiger partial charge in [0.05, 0.1) is 5.02 Å². The van der Waals surface area contributed by atoms with E-state index in [1.165, 1.54) is 6.07 Å². The van der Waals surface area contributed by atoms with Crippen LogP contribution >= 0.6 is 23.2 Å². The normalized spacial score (nSPS) is 14.4. The van der Waals surface area contributed by atoms with Crippen LogP contribution in [0.15, 0.2) is 23.8 Å². The number of hydrogen-bond acceptors (Lipinski definition) is 1. The molecule has 1 nitrogen and oxygen atoms in total. The third kappa shape index (κ3) is 2.97. The molecule has 0 aliphatic carbocycles. The third-order valence-electron chi connectivity index (χ3n) is 2.12. The first-order valence-corrected chi connectivity index (χ1v) is 5.53. The number of benzene rings is 1. The summed E-state index contributed by atoms with van der Waals surface area (Å²) in [6.07, 6.45) is 1.61. The predicted molar refractivity (Wildman–Crippen MR) is 65.4 cm³/mol. The van der Waals surface area contributed by atoms with Crippen LogP contribution in [0.3, 0.4) is 0 Å². The molecule has 0 heterocycles. The van der Waals surface area contributed by atoms with Crippen LogP contribution in [0.5, 0.6) is 0 Å². The molecule has 0 fully saturated rings. The van der Waals surface area contributed by atoms with E-state index in [0.717, 1.165) is 11.6 Å². The van der Waals surface area contributed by atoms with Crippen molar-refractivity contribution in [3.8, 4) is 0 Å². The number of hydrogen-bond donors (Lipinski definition) is 1. The number of aliphatic hydroxyl groups is 1. The lowest BCUT2D eigenvalue weighted by atomic mass is 9.94. The topological polar surface area (TPSA) is 20.2 Å². The van der Waals surface area contributed by atoms with Crippen molar-refractivity contribution >= 4 is 23.2 Å². The zero-order valence-electron chi connectivity index (χ0n) is 9.31. The van der Waals surface area contributed by atoms with Crippen molar-refractivity contribution in [3.63, 3.8) is 0 Å². The molecule has 1 aromatic rings. The van der Waals surface area contributed by atoms with Crippen molar-refractivity contribution in [3.05, 3.63) is 45.2 Å². The van der Waals surface area contributed by atoms with E-state index in [4.69, 9.17) is 23.2 Å². The molecule has 1 rings (SSSR count). The Balaban J connectivity index is 3.33. The highest BCUT2D eigenvalue weighted by Gasteiger charge is 2.24. The first kappa shape index (κ1) is 13.5. The fraction of sp³-hybridized carbons (Fsp3) is 0.333. The molecule has 4 heteroatoms. The van der Waals surface area contributed by atoms with E-state index in [1.807, 2.05) is 13.8 Å². The first-order chi connectivity index (χ1) is 7.24. The molecule has 1 aromatic carbocycles. The van der Waals surface area contributed by atoms with Gasteiger partial charge in [-0.25, -0.2) is 4.39 Å². The summed E-state index contributed by atoms with van der Waals surface area (Å²) in [5, 5.41) is 10.4. The maximum absolute atomic E-state index is 13.3. The van der Waals surface area contributed by atoms with Gasteiger partial charge in [-0.2, -0.15) is 0 Å². The molecule has 0 saturated heterocycles. The van der Waals surface area contributed by atoms with Gasteiger partial charge in [0.15, 0.2) is 0 Å². The zero-order chi connectivity index (χ0) is 12.5. The Morgan fingerprint density at radius 1 is 1.31 bits per heavy atom. The van der Waals surface area contributed by atoms with Crippen molar-refractivity contribution in [1.82, 2.24) is 0 Å². The van der Waals surface area contributed by atoms with E-state index in [1.54, 1.807) is 13.0 Å². The van der Waals surface area contributed by atoms with Gasteiger partial charge in [-0.1, -0.05) is 34.9 Å². The summed E-state index contributed by atoms with van der Waals surface area (Å²) in [6, 6.07) is 2.45. The van der Waals surface area contributed by atoms with Crippen LogP contribution in [-0.2, 0) is 5.60 Å². The van der Waals surface area contributed by atoms with Crippen molar-refractivity contribution in [2.24, 2.45) is 0 Å². The monoisotopic (exact) mass is 262 g/mol.